The van der Waals surface area contributed by atoms with Crippen molar-refractivity contribution in [1.82, 2.24) is 5.43 Å². The van der Waals surface area contributed by atoms with Crippen LogP contribution in [-0.4, -0.2) is 17.4 Å². The average Bonchev–Trinajstić information content (AvgIpc) is 2.78. The molecule has 2 aliphatic rings. The summed E-state index contributed by atoms with van der Waals surface area (Å²) < 4.78 is 0. The highest BCUT2D eigenvalue weighted by Crippen LogP contribution is 2.62. The van der Waals surface area contributed by atoms with E-state index in [0.717, 1.165) is 12.8 Å². The van der Waals surface area contributed by atoms with Crippen LogP contribution >= 0.6 is 0 Å². The number of hydrazone groups is 1. The number of hydrogen-bond donors (Lipinski definition) is 1. The summed E-state index contributed by atoms with van der Waals surface area (Å²) in [4.78, 5) is 24.6. The molecule has 0 radical (unpaired) electrons. The lowest BCUT2D eigenvalue weighted by molar-refractivity contribution is -0.123. The lowest BCUT2D eigenvalue weighted by Gasteiger charge is -2.31. The van der Waals surface area contributed by atoms with E-state index in [1.54, 1.807) is 24.3 Å². The Morgan fingerprint density at radius 3 is 2.48 bits per heavy atom. The molecule has 1 N–H and O–H groups in total. The Morgan fingerprint density at radius 1 is 1.24 bits per heavy atom. The van der Waals surface area contributed by atoms with E-state index in [1.165, 1.54) is 0 Å². The minimum atomic E-state index is -0.339. The van der Waals surface area contributed by atoms with Gasteiger partial charge in [-0.15, -0.1) is 0 Å². The highest BCUT2D eigenvalue weighted by atomic mass is 16.2. The molecule has 0 unspecified atom stereocenters. The minimum Gasteiger partial charge on any atom is -0.292 e. The molecule has 1 amide bonds. The van der Waals surface area contributed by atoms with Crippen molar-refractivity contribution in [2.75, 3.05) is 0 Å². The van der Waals surface area contributed by atoms with Crippen LogP contribution in [0.4, 0.5) is 0 Å². The molecule has 2 aliphatic carbocycles. The monoisotopic (exact) mass is 284 g/mol. The fraction of sp³-hybridized carbons (Fsp3) is 0.471. The lowest BCUT2D eigenvalue weighted by atomic mass is 9.70. The molecule has 0 aromatic heterocycles. The third kappa shape index (κ3) is 1.85. The Kier molecular flexibility index (Phi) is 3.01. The normalized spacial score (nSPS) is 31.7. The van der Waals surface area contributed by atoms with Crippen molar-refractivity contribution in [2.24, 2.45) is 21.8 Å². The van der Waals surface area contributed by atoms with Crippen LogP contribution in [0.25, 0.3) is 0 Å². The molecule has 4 nitrogen and oxygen atoms in total. The summed E-state index contributed by atoms with van der Waals surface area (Å²) in [5.74, 6) is -0.0372. The number of amides is 1. The van der Waals surface area contributed by atoms with Crippen molar-refractivity contribution in [3.8, 4) is 0 Å². The van der Waals surface area contributed by atoms with Crippen molar-refractivity contribution in [3.63, 3.8) is 0 Å². The van der Waals surface area contributed by atoms with Gasteiger partial charge in [-0.25, -0.2) is 5.43 Å². The molecule has 0 aliphatic heterocycles. The lowest BCUT2D eigenvalue weighted by Crippen LogP contribution is -2.34. The molecule has 0 saturated heterocycles. The van der Waals surface area contributed by atoms with Gasteiger partial charge in [-0.2, -0.15) is 5.10 Å². The predicted molar refractivity (Wildman–Crippen MR) is 81.0 cm³/mol. The Balaban J connectivity index is 1.83. The molecule has 3 rings (SSSR count). The molecule has 2 fully saturated rings. The fourth-order valence-electron chi connectivity index (χ4n) is 3.72. The van der Waals surface area contributed by atoms with Crippen LogP contribution in [0.3, 0.4) is 0 Å². The van der Waals surface area contributed by atoms with Gasteiger partial charge in [-0.3, -0.25) is 9.59 Å². The largest absolute Gasteiger partial charge is 0.292 e. The first kappa shape index (κ1) is 14.0. The van der Waals surface area contributed by atoms with E-state index in [-0.39, 0.29) is 28.4 Å². The number of fused-ring (bicyclic) bond motifs is 2. The summed E-state index contributed by atoms with van der Waals surface area (Å²) in [6.07, 6.45) is 1.88. The van der Waals surface area contributed by atoms with Crippen molar-refractivity contribution < 1.29 is 9.59 Å². The number of benzene rings is 1. The minimum absolute atomic E-state index is 0.0829. The van der Waals surface area contributed by atoms with Crippen molar-refractivity contribution >= 4 is 17.4 Å². The maximum atomic E-state index is 12.6. The van der Waals surface area contributed by atoms with Gasteiger partial charge in [-0.05, 0) is 30.4 Å². The second-order valence-corrected chi connectivity index (χ2v) is 6.78. The maximum Gasteiger partial charge on any atom is 0.271 e. The Bertz CT molecular complexity index is 633. The zero-order valence-corrected chi connectivity index (χ0v) is 12.6. The van der Waals surface area contributed by atoms with Crippen LogP contribution in [-0.2, 0) is 4.79 Å². The van der Waals surface area contributed by atoms with E-state index in [9.17, 15) is 9.59 Å². The summed E-state index contributed by atoms with van der Waals surface area (Å²) in [6.45, 7) is 6.28. The van der Waals surface area contributed by atoms with E-state index in [1.807, 2.05) is 13.0 Å². The van der Waals surface area contributed by atoms with Crippen molar-refractivity contribution in [3.05, 3.63) is 35.9 Å². The molecule has 1 aromatic carbocycles. The van der Waals surface area contributed by atoms with Gasteiger partial charge in [0.1, 0.15) is 5.71 Å². The summed E-state index contributed by atoms with van der Waals surface area (Å²) in [6, 6.07) is 8.90. The molecular weight excluding hydrogens is 264 g/mol. The smallest absolute Gasteiger partial charge is 0.271 e. The molecular formula is C17H20N2O2. The summed E-state index contributed by atoms with van der Waals surface area (Å²) >= 11 is 0. The van der Waals surface area contributed by atoms with Crippen molar-refractivity contribution in [2.45, 2.75) is 33.6 Å². The zero-order chi connectivity index (χ0) is 15.3. The summed E-state index contributed by atoms with van der Waals surface area (Å²) in [5.41, 5.74) is 3.20. The van der Waals surface area contributed by atoms with Gasteiger partial charge in [0.15, 0.2) is 5.78 Å². The first-order valence-corrected chi connectivity index (χ1v) is 7.36. The summed E-state index contributed by atoms with van der Waals surface area (Å²) in [7, 11) is 0. The molecule has 4 heteroatoms. The second kappa shape index (κ2) is 4.52. The molecule has 2 atom stereocenters. The van der Waals surface area contributed by atoms with Gasteiger partial charge in [0.2, 0.25) is 0 Å². The number of nitrogens with one attached hydrogen (secondary N) is 1. The van der Waals surface area contributed by atoms with E-state index in [0.29, 0.717) is 11.3 Å². The highest BCUT2D eigenvalue weighted by molar-refractivity contribution is 6.45. The molecule has 21 heavy (non-hydrogen) atoms. The standard InChI is InChI=1S/C17H20N2O2/c1-16(2)12-9-10-17(16,3)14(20)13(12)18-19-15(21)11-7-5-4-6-8-11/h4-8,12H,9-10H2,1-3H3,(H,19,21)/b18-13-/t12-,17+/m0/s1. The van der Waals surface area contributed by atoms with E-state index >= 15 is 0 Å². The molecule has 2 bridgehead atoms. The van der Waals surface area contributed by atoms with E-state index in [4.69, 9.17) is 0 Å². The number of carbonyl (C=O) groups excluding carboxylic acids is 2. The first-order chi connectivity index (χ1) is 9.88. The van der Waals surface area contributed by atoms with Gasteiger partial charge < -0.3 is 0 Å². The molecule has 0 spiro atoms. The maximum absolute atomic E-state index is 12.6. The molecule has 1 aromatic rings. The summed E-state index contributed by atoms with van der Waals surface area (Å²) in [5, 5.41) is 4.17. The Morgan fingerprint density at radius 2 is 1.90 bits per heavy atom. The van der Waals surface area contributed by atoms with E-state index < -0.39 is 0 Å². The number of hydrogen-bond acceptors (Lipinski definition) is 3. The molecule has 0 heterocycles. The van der Waals surface area contributed by atoms with Crippen molar-refractivity contribution in [1.29, 1.82) is 0 Å². The second-order valence-electron chi connectivity index (χ2n) is 6.78. The van der Waals surface area contributed by atoms with Gasteiger partial charge >= 0.3 is 0 Å². The SMILES string of the molecule is CC1(C)[C@H]2CC[C@]1(C)C(=O)/C2=N\NC(=O)c1ccccc1. The third-order valence-electron chi connectivity index (χ3n) is 5.60. The Hall–Kier alpha value is -1.97. The molecule has 2 saturated carbocycles. The Labute approximate surface area is 124 Å². The van der Waals surface area contributed by atoms with Crippen LogP contribution in [0.2, 0.25) is 0 Å². The van der Waals surface area contributed by atoms with Crippen LogP contribution in [0.1, 0.15) is 44.0 Å². The number of ketones is 1. The van der Waals surface area contributed by atoms with Crippen LogP contribution in [0.15, 0.2) is 35.4 Å². The molecule has 110 valence electrons. The number of carbonyl (C=O) groups is 2. The predicted octanol–water partition coefficient (Wildman–Crippen LogP) is 2.80. The van der Waals surface area contributed by atoms with E-state index in [2.05, 4.69) is 24.4 Å². The highest BCUT2D eigenvalue weighted by Gasteiger charge is 2.65. The van der Waals surface area contributed by atoms with Crippen LogP contribution in [0, 0.1) is 16.7 Å². The van der Waals surface area contributed by atoms with Crippen LogP contribution < -0.4 is 5.43 Å². The van der Waals surface area contributed by atoms with Gasteiger partial charge in [0.25, 0.3) is 5.91 Å². The zero-order valence-electron chi connectivity index (χ0n) is 12.6. The van der Waals surface area contributed by atoms with Gasteiger partial charge in [-0.1, -0.05) is 39.0 Å². The quantitative estimate of drug-likeness (QED) is 0.849. The average molecular weight is 284 g/mol. The van der Waals surface area contributed by atoms with Crippen LogP contribution in [0.5, 0.6) is 0 Å². The number of rotatable bonds is 2. The number of Topliss-reactive ketones (excluding diaryl/α,β-unsaturated/α-hetero) is 1. The number of nitrogens with zero attached hydrogens (tertiary/aromatic N) is 1. The first-order valence-electron chi connectivity index (χ1n) is 7.36. The van der Waals surface area contributed by atoms with Gasteiger partial charge in [0, 0.05) is 16.9 Å². The topological polar surface area (TPSA) is 58.5 Å². The van der Waals surface area contributed by atoms with Gasteiger partial charge in [0.05, 0.1) is 0 Å². The fourth-order valence-corrected chi connectivity index (χ4v) is 3.72. The third-order valence-corrected chi connectivity index (χ3v) is 5.60.